The quantitative estimate of drug-likeness (QED) is 0.220. The minimum atomic E-state index is -2.00. The van der Waals surface area contributed by atoms with Crippen LogP contribution in [0.1, 0.15) is 74.8 Å². The average molecular weight is 623 g/mol. The molecule has 0 aliphatic rings. The number of benzene rings is 1. The molecule has 13 nitrogen and oxygen atoms in total. The Balaban J connectivity index is 3.91. The molecule has 3 amide bonds. The molecule has 0 saturated heterocycles. The first-order valence-corrected chi connectivity index (χ1v) is 14.0. The van der Waals surface area contributed by atoms with E-state index in [9.17, 15) is 28.8 Å². The lowest BCUT2D eigenvalue weighted by Crippen LogP contribution is -2.60. The third-order valence-electron chi connectivity index (χ3n) is 5.61. The Bertz CT molecular complexity index is 1170. The van der Waals surface area contributed by atoms with Crippen LogP contribution >= 0.6 is 0 Å². The average Bonchev–Trinajstić information content (AvgIpc) is 2.86. The third kappa shape index (κ3) is 11.5. The van der Waals surface area contributed by atoms with Crippen molar-refractivity contribution in [2.75, 3.05) is 14.2 Å². The number of hydrogen-bond donors (Lipinski definition) is 0. The van der Waals surface area contributed by atoms with Crippen LogP contribution < -0.4 is 0 Å². The predicted molar refractivity (Wildman–Crippen MR) is 158 cm³/mol. The van der Waals surface area contributed by atoms with Gasteiger partial charge >= 0.3 is 30.1 Å². The number of amides is 3. The molecule has 1 aromatic carbocycles. The summed E-state index contributed by atoms with van der Waals surface area (Å²) in [6, 6.07) is 4.76. The largest absolute Gasteiger partial charge is 0.468 e. The van der Waals surface area contributed by atoms with Crippen molar-refractivity contribution < 1.29 is 52.5 Å². The molecule has 0 spiro atoms. The molecule has 2 unspecified atom stereocenters. The summed E-state index contributed by atoms with van der Waals surface area (Å²) < 4.78 is 26.1. The van der Waals surface area contributed by atoms with Gasteiger partial charge in [-0.1, -0.05) is 30.3 Å². The topological polar surface area (TPSA) is 155 Å². The lowest BCUT2D eigenvalue weighted by atomic mass is 9.96. The Morgan fingerprint density at radius 1 is 0.659 bits per heavy atom. The zero-order valence-electron chi connectivity index (χ0n) is 27.7. The predicted octanol–water partition coefficient (Wildman–Crippen LogP) is 4.25. The maximum absolute atomic E-state index is 14.4. The van der Waals surface area contributed by atoms with Crippen molar-refractivity contribution in [3.05, 3.63) is 35.9 Å². The number of nitrogens with zero attached hydrogens (tertiary/aromatic N) is 2. The van der Waals surface area contributed by atoms with E-state index >= 15 is 0 Å². The first-order valence-electron chi connectivity index (χ1n) is 14.0. The van der Waals surface area contributed by atoms with Gasteiger partial charge in [-0.2, -0.15) is 4.90 Å². The van der Waals surface area contributed by atoms with Crippen LogP contribution in [0, 0.1) is 5.92 Å². The van der Waals surface area contributed by atoms with Crippen LogP contribution in [0.15, 0.2) is 30.3 Å². The molecule has 0 N–H and O–H groups in total. The van der Waals surface area contributed by atoms with Crippen LogP contribution in [0.3, 0.4) is 0 Å². The normalized spacial score (nSPS) is 13.8. The summed E-state index contributed by atoms with van der Waals surface area (Å²) in [4.78, 5) is 82.2. The molecule has 246 valence electrons. The van der Waals surface area contributed by atoms with Gasteiger partial charge in [0.2, 0.25) is 5.91 Å². The van der Waals surface area contributed by atoms with E-state index in [1.165, 1.54) is 6.92 Å². The number of esters is 3. The second-order valence-electron chi connectivity index (χ2n) is 13.0. The standard InChI is InChI=1S/C31H46N2O11/c1-19(33(27(38)43-30(5,6)7)28(39)44-31(8,9)10)23(34)32(18-20-16-14-13-15-17-20)22(26(37)41-12)21(24(35)40-11)25(36)42-29(2,3)4/h13-17,19,21-22H,18H2,1-12H3/t19-,21?,22?/m0/s1. The number of carbonyl (C=O) groups is 6. The minimum absolute atomic E-state index is 0.351. The summed E-state index contributed by atoms with van der Waals surface area (Å²) in [5.41, 5.74) is -2.73. The Hall–Kier alpha value is -4.16. The van der Waals surface area contributed by atoms with Crippen molar-refractivity contribution in [1.29, 1.82) is 0 Å². The molecule has 0 bridgehead atoms. The van der Waals surface area contributed by atoms with E-state index in [0.29, 0.717) is 10.5 Å². The van der Waals surface area contributed by atoms with Gasteiger partial charge in [0, 0.05) is 6.54 Å². The highest BCUT2D eigenvalue weighted by molar-refractivity contribution is 6.03. The lowest BCUT2D eigenvalue weighted by molar-refractivity contribution is -0.179. The number of methoxy groups -OCH3 is 2. The maximum Gasteiger partial charge on any atom is 0.420 e. The van der Waals surface area contributed by atoms with Crippen LogP contribution in [-0.2, 0) is 49.4 Å². The second-order valence-corrected chi connectivity index (χ2v) is 13.0. The molecule has 0 radical (unpaired) electrons. The zero-order chi connectivity index (χ0) is 34.2. The van der Waals surface area contributed by atoms with Gasteiger partial charge in [-0.25, -0.2) is 14.4 Å². The van der Waals surface area contributed by atoms with E-state index in [2.05, 4.69) is 0 Å². The smallest absolute Gasteiger partial charge is 0.420 e. The fraction of sp³-hybridized carbons (Fsp3) is 0.613. The van der Waals surface area contributed by atoms with E-state index in [4.69, 9.17) is 23.7 Å². The Morgan fingerprint density at radius 3 is 1.48 bits per heavy atom. The molecule has 0 aromatic heterocycles. The summed E-state index contributed by atoms with van der Waals surface area (Å²) in [5, 5.41) is 0. The summed E-state index contributed by atoms with van der Waals surface area (Å²) in [6.45, 7) is 15.0. The highest BCUT2D eigenvalue weighted by Gasteiger charge is 2.50. The fourth-order valence-electron chi connectivity index (χ4n) is 3.87. The van der Waals surface area contributed by atoms with Gasteiger partial charge in [0.05, 0.1) is 14.2 Å². The molecular formula is C31H46N2O11. The molecule has 0 heterocycles. The lowest BCUT2D eigenvalue weighted by Gasteiger charge is -2.38. The fourth-order valence-corrected chi connectivity index (χ4v) is 3.87. The Labute approximate surface area is 259 Å². The van der Waals surface area contributed by atoms with Gasteiger partial charge in [0.15, 0.2) is 12.0 Å². The molecule has 1 aromatic rings. The van der Waals surface area contributed by atoms with Gasteiger partial charge in [-0.05, 0) is 74.8 Å². The van der Waals surface area contributed by atoms with E-state index in [1.807, 2.05) is 0 Å². The van der Waals surface area contributed by atoms with Gasteiger partial charge in [0.25, 0.3) is 0 Å². The summed E-state index contributed by atoms with van der Waals surface area (Å²) in [5.74, 6) is -6.50. The number of rotatable bonds is 9. The molecule has 44 heavy (non-hydrogen) atoms. The van der Waals surface area contributed by atoms with Crippen LogP contribution in [0.5, 0.6) is 0 Å². The van der Waals surface area contributed by atoms with E-state index in [1.54, 1.807) is 92.6 Å². The van der Waals surface area contributed by atoms with Gasteiger partial charge < -0.3 is 28.6 Å². The van der Waals surface area contributed by atoms with Crippen molar-refractivity contribution in [2.24, 2.45) is 5.92 Å². The van der Waals surface area contributed by atoms with Crippen molar-refractivity contribution in [1.82, 2.24) is 9.80 Å². The molecule has 1 rings (SSSR count). The third-order valence-corrected chi connectivity index (χ3v) is 5.61. The zero-order valence-corrected chi connectivity index (χ0v) is 27.7. The summed E-state index contributed by atoms with van der Waals surface area (Å²) >= 11 is 0. The molecule has 0 saturated carbocycles. The van der Waals surface area contributed by atoms with E-state index < -0.39 is 70.8 Å². The first kappa shape index (κ1) is 37.9. The van der Waals surface area contributed by atoms with Crippen molar-refractivity contribution in [2.45, 2.75) is 105 Å². The second kappa shape index (κ2) is 15.0. The highest BCUT2D eigenvalue weighted by Crippen LogP contribution is 2.26. The highest BCUT2D eigenvalue weighted by atomic mass is 16.6. The molecule has 0 fully saturated rings. The SMILES string of the molecule is COC(=O)C(C(=O)OC(C)(C)C)C(C(=O)OC)N(Cc1ccccc1)C(=O)[C@H](C)N(C(=O)OC(C)(C)C)C(=O)OC(C)(C)C. The van der Waals surface area contributed by atoms with Crippen LogP contribution in [0.4, 0.5) is 9.59 Å². The van der Waals surface area contributed by atoms with E-state index in [-0.39, 0.29) is 6.54 Å². The van der Waals surface area contributed by atoms with Crippen molar-refractivity contribution >= 4 is 36.0 Å². The van der Waals surface area contributed by atoms with Crippen LogP contribution in [0.2, 0.25) is 0 Å². The van der Waals surface area contributed by atoms with Crippen LogP contribution in [0.25, 0.3) is 0 Å². The number of imide groups is 1. The number of hydrogen-bond acceptors (Lipinski definition) is 11. The van der Waals surface area contributed by atoms with Crippen LogP contribution in [-0.4, -0.2) is 88.9 Å². The summed E-state index contributed by atoms with van der Waals surface area (Å²) in [6.07, 6.45) is -2.39. The van der Waals surface area contributed by atoms with E-state index in [0.717, 1.165) is 19.1 Å². The molecule has 0 aliphatic heterocycles. The minimum Gasteiger partial charge on any atom is -0.468 e. The Kier molecular flexibility index (Phi) is 12.9. The van der Waals surface area contributed by atoms with Gasteiger partial charge in [-0.15, -0.1) is 0 Å². The van der Waals surface area contributed by atoms with Crippen molar-refractivity contribution in [3.8, 4) is 0 Å². The van der Waals surface area contributed by atoms with Gasteiger partial charge in [-0.3, -0.25) is 14.4 Å². The molecule has 0 aliphatic carbocycles. The van der Waals surface area contributed by atoms with Gasteiger partial charge in [0.1, 0.15) is 22.8 Å². The maximum atomic E-state index is 14.4. The number of ether oxygens (including phenoxy) is 5. The first-order chi connectivity index (χ1) is 20.0. The van der Waals surface area contributed by atoms with Crippen molar-refractivity contribution in [3.63, 3.8) is 0 Å². The molecule has 13 heteroatoms. The molecule has 3 atom stereocenters. The monoisotopic (exact) mass is 622 g/mol. The Morgan fingerprint density at radius 2 is 1.09 bits per heavy atom. The summed E-state index contributed by atoms with van der Waals surface area (Å²) in [7, 11) is 2.02. The molecular weight excluding hydrogens is 576 g/mol. The number of carbonyl (C=O) groups excluding carboxylic acids is 6.